The molecule has 6 heteroatoms. The largest absolute Gasteiger partial charge is 0.499 e. The summed E-state index contributed by atoms with van der Waals surface area (Å²) in [5, 5.41) is 28.2. The minimum atomic E-state index is 0.356. The Balaban J connectivity index is 1.86. The Labute approximate surface area is 174 Å². The molecule has 0 saturated heterocycles. The first kappa shape index (κ1) is 15.5. The van der Waals surface area contributed by atoms with E-state index in [-0.39, 0.29) is 0 Å². The molecular formula is C22H10O2S4. The van der Waals surface area contributed by atoms with Gasteiger partial charge in [0.2, 0.25) is 0 Å². The predicted octanol–water partition coefficient (Wildman–Crippen LogP) is 8.26. The van der Waals surface area contributed by atoms with Crippen LogP contribution in [0.2, 0.25) is 0 Å². The predicted molar refractivity (Wildman–Crippen MR) is 126 cm³/mol. The van der Waals surface area contributed by atoms with Gasteiger partial charge in [0, 0.05) is 72.6 Å². The smallest absolute Gasteiger partial charge is 0.172 e. The van der Waals surface area contributed by atoms with Gasteiger partial charge in [-0.25, -0.2) is 0 Å². The van der Waals surface area contributed by atoms with Crippen LogP contribution in [0.15, 0.2) is 48.5 Å². The van der Waals surface area contributed by atoms with Gasteiger partial charge in [-0.2, -0.15) is 0 Å². The molecule has 0 atom stereocenters. The van der Waals surface area contributed by atoms with Gasteiger partial charge in [0.15, 0.2) is 10.1 Å². The average Bonchev–Trinajstić information content (AvgIpc) is 3.39. The summed E-state index contributed by atoms with van der Waals surface area (Å²) in [6, 6.07) is 16.8. The Morgan fingerprint density at radius 3 is 1.21 bits per heavy atom. The molecule has 2 N–H and O–H groups in total. The molecule has 28 heavy (non-hydrogen) atoms. The van der Waals surface area contributed by atoms with Crippen LogP contribution in [0.3, 0.4) is 0 Å². The van der Waals surface area contributed by atoms with Crippen LogP contribution in [0.5, 0.6) is 10.1 Å². The molecule has 4 heterocycles. The monoisotopic (exact) mass is 434 g/mol. The second-order valence-corrected chi connectivity index (χ2v) is 11.2. The van der Waals surface area contributed by atoms with Crippen molar-refractivity contribution in [2.24, 2.45) is 0 Å². The lowest BCUT2D eigenvalue weighted by Gasteiger charge is -2.00. The topological polar surface area (TPSA) is 40.5 Å². The zero-order chi connectivity index (χ0) is 18.6. The molecule has 7 rings (SSSR count). The van der Waals surface area contributed by atoms with Crippen molar-refractivity contribution in [2.45, 2.75) is 0 Å². The molecule has 2 nitrogen and oxygen atoms in total. The molecule has 0 bridgehead atoms. The summed E-state index contributed by atoms with van der Waals surface area (Å²) in [6.07, 6.45) is 0. The molecule has 0 saturated carbocycles. The lowest BCUT2D eigenvalue weighted by Crippen LogP contribution is -1.73. The van der Waals surface area contributed by atoms with E-state index in [1.807, 2.05) is 12.1 Å². The molecule has 4 aromatic heterocycles. The van der Waals surface area contributed by atoms with Crippen molar-refractivity contribution in [1.82, 2.24) is 0 Å². The first-order valence-corrected chi connectivity index (χ1v) is 12.0. The third-order valence-electron chi connectivity index (χ3n) is 5.37. The van der Waals surface area contributed by atoms with E-state index >= 15 is 0 Å². The molecule has 0 spiro atoms. The lowest BCUT2D eigenvalue weighted by atomic mass is 10.0. The van der Waals surface area contributed by atoms with Crippen LogP contribution in [0, 0.1) is 0 Å². The van der Waals surface area contributed by atoms with Gasteiger partial charge < -0.3 is 10.2 Å². The summed E-state index contributed by atoms with van der Waals surface area (Å²) < 4.78 is 7.23. The Hall–Kier alpha value is -2.38. The van der Waals surface area contributed by atoms with Crippen molar-refractivity contribution in [3.8, 4) is 10.1 Å². The van der Waals surface area contributed by atoms with Crippen molar-refractivity contribution < 1.29 is 10.2 Å². The summed E-state index contributed by atoms with van der Waals surface area (Å²) >= 11 is 6.46. The Morgan fingerprint density at radius 1 is 0.429 bits per heavy atom. The molecule has 0 aliphatic rings. The Kier molecular flexibility index (Phi) is 2.86. The molecular weight excluding hydrogens is 425 g/mol. The Bertz CT molecular complexity index is 1610. The van der Waals surface area contributed by atoms with Gasteiger partial charge in [0.05, 0.1) is 0 Å². The molecule has 7 aromatic rings. The fraction of sp³-hybridized carbons (Fsp3) is 0. The van der Waals surface area contributed by atoms with Crippen LogP contribution in [-0.2, 0) is 0 Å². The highest BCUT2D eigenvalue weighted by Gasteiger charge is 2.18. The van der Waals surface area contributed by atoms with E-state index < -0.39 is 0 Å². The van der Waals surface area contributed by atoms with Crippen molar-refractivity contribution >= 4 is 106 Å². The van der Waals surface area contributed by atoms with Crippen molar-refractivity contribution in [2.75, 3.05) is 0 Å². The van der Waals surface area contributed by atoms with Gasteiger partial charge in [-0.15, -0.1) is 22.7 Å². The maximum absolute atomic E-state index is 10.1. The number of rotatable bonds is 0. The summed E-state index contributed by atoms with van der Waals surface area (Å²) in [4.78, 5) is 0. The quantitative estimate of drug-likeness (QED) is 0.252. The van der Waals surface area contributed by atoms with Crippen LogP contribution in [0.25, 0.3) is 60.5 Å². The molecule has 0 amide bonds. The van der Waals surface area contributed by atoms with Crippen molar-refractivity contribution in [3.05, 3.63) is 48.5 Å². The van der Waals surface area contributed by atoms with Crippen LogP contribution < -0.4 is 0 Å². The molecule has 0 radical (unpaired) electrons. The van der Waals surface area contributed by atoms with E-state index in [4.69, 9.17) is 0 Å². The van der Waals surface area contributed by atoms with E-state index in [9.17, 15) is 10.2 Å². The van der Waals surface area contributed by atoms with E-state index in [0.29, 0.717) is 10.1 Å². The highest BCUT2D eigenvalue weighted by Crippen LogP contribution is 2.50. The molecule has 134 valence electrons. The number of fused-ring (bicyclic) bond motifs is 11. The molecule has 0 fully saturated rings. The number of aromatic hydroxyl groups is 2. The number of hydrogen-bond acceptors (Lipinski definition) is 6. The maximum atomic E-state index is 10.1. The highest BCUT2D eigenvalue weighted by molar-refractivity contribution is 7.28. The van der Waals surface area contributed by atoms with Crippen LogP contribution in [0.4, 0.5) is 0 Å². The van der Waals surface area contributed by atoms with Crippen molar-refractivity contribution in [3.63, 3.8) is 0 Å². The van der Waals surface area contributed by atoms with Gasteiger partial charge in [-0.05, 0) is 36.4 Å². The van der Waals surface area contributed by atoms with Gasteiger partial charge in [-0.3, -0.25) is 0 Å². The maximum Gasteiger partial charge on any atom is 0.172 e. The van der Waals surface area contributed by atoms with Crippen molar-refractivity contribution in [1.29, 1.82) is 0 Å². The summed E-state index contributed by atoms with van der Waals surface area (Å²) in [5.74, 6) is 0. The standard InChI is InChI=1S/C22H10O2S4/c23-17-7-9-11(27-17)1-3-13-19(9)21-15(25-13)5-6-16-22(21)20-10-8-18(24)28-12(10)2-4-14(20)26-16/h1-8,23-24H. The third-order valence-corrected chi connectivity index (χ3v) is 9.41. The summed E-state index contributed by atoms with van der Waals surface area (Å²) in [5.41, 5.74) is 0. The fourth-order valence-corrected chi connectivity index (χ4v) is 8.19. The minimum Gasteiger partial charge on any atom is -0.499 e. The molecule has 0 aliphatic heterocycles. The third kappa shape index (κ3) is 1.86. The second-order valence-electron chi connectivity index (χ2n) is 6.89. The van der Waals surface area contributed by atoms with E-state index in [0.717, 1.165) is 20.2 Å². The van der Waals surface area contributed by atoms with E-state index in [2.05, 4.69) is 36.4 Å². The second kappa shape index (κ2) is 5.15. The van der Waals surface area contributed by atoms with E-state index in [1.165, 1.54) is 63.0 Å². The number of benzene rings is 3. The fourth-order valence-electron chi connectivity index (χ4n) is 4.31. The lowest BCUT2D eigenvalue weighted by molar-refractivity contribution is 0.491. The Morgan fingerprint density at radius 2 is 0.786 bits per heavy atom. The van der Waals surface area contributed by atoms with Gasteiger partial charge >= 0.3 is 0 Å². The zero-order valence-corrected chi connectivity index (χ0v) is 17.4. The SMILES string of the molecule is Oc1cc2c(ccc3sc4ccc5sc6ccc7sc(O)cc7c6c5c4c32)s1. The number of hydrogen-bond donors (Lipinski definition) is 2. The number of thiophene rings is 4. The van der Waals surface area contributed by atoms with Crippen LogP contribution >= 0.6 is 45.3 Å². The first-order valence-electron chi connectivity index (χ1n) is 8.72. The van der Waals surface area contributed by atoms with Gasteiger partial charge in [-0.1, -0.05) is 22.7 Å². The highest BCUT2D eigenvalue weighted by atomic mass is 32.1. The van der Waals surface area contributed by atoms with E-state index in [1.54, 1.807) is 22.7 Å². The first-order chi connectivity index (χ1) is 13.7. The molecule has 0 aliphatic carbocycles. The van der Waals surface area contributed by atoms with Gasteiger partial charge in [0.25, 0.3) is 0 Å². The van der Waals surface area contributed by atoms with Gasteiger partial charge in [0.1, 0.15) is 0 Å². The molecule has 3 aromatic carbocycles. The van der Waals surface area contributed by atoms with Crippen LogP contribution in [0.1, 0.15) is 0 Å². The average molecular weight is 435 g/mol. The molecule has 0 unspecified atom stereocenters. The normalized spacial score (nSPS) is 12.6. The summed E-state index contributed by atoms with van der Waals surface area (Å²) in [7, 11) is 0. The summed E-state index contributed by atoms with van der Waals surface area (Å²) in [6.45, 7) is 0. The minimum absolute atomic E-state index is 0.356. The van der Waals surface area contributed by atoms with Crippen LogP contribution in [-0.4, -0.2) is 10.2 Å². The zero-order valence-electron chi connectivity index (χ0n) is 14.1.